The Morgan fingerprint density at radius 3 is 2.67 bits per heavy atom. The first kappa shape index (κ1) is 17.3. The second-order valence-electron chi connectivity index (χ2n) is 4.43. The average molecular weight is 314 g/mol. The van der Waals surface area contributed by atoms with E-state index in [1.165, 1.54) is 6.07 Å². The van der Waals surface area contributed by atoms with Crippen LogP contribution in [0.15, 0.2) is 18.2 Å². The van der Waals surface area contributed by atoms with Crippen LogP contribution in [0.25, 0.3) is 0 Å². The van der Waals surface area contributed by atoms with Crippen LogP contribution in [0.3, 0.4) is 0 Å². The highest BCUT2D eigenvalue weighted by atomic mass is 32.2. The van der Waals surface area contributed by atoms with Crippen molar-refractivity contribution in [3.63, 3.8) is 0 Å². The predicted octanol–water partition coefficient (Wildman–Crippen LogP) is 3.18. The van der Waals surface area contributed by atoms with E-state index in [9.17, 15) is 14.0 Å². The van der Waals surface area contributed by atoms with Gasteiger partial charge in [-0.3, -0.25) is 0 Å². The molecule has 0 saturated carbocycles. The molecular weight excluding hydrogens is 295 g/mol. The maximum atomic E-state index is 13.4. The van der Waals surface area contributed by atoms with Gasteiger partial charge >= 0.3 is 12.0 Å². The van der Waals surface area contributed by atoms with Crippen LogP contribution in [0.2, 0.25) is 0 Å². The highest BCUT2D eigenvalue weighted by Crippen LogP contribution is 2.14. The molecule has 0 aliphatic carbocycles. The standard InChI is InChI=1S/C14H19FN2O3S/c1-21-8-4-2-3-7-16-14(20)17-10-5-6-11(13(18)19)12(15)9-10/h5-6,9H,2-4,7-8H2,1H3,(H,18,19)(H2,16,17,20). The van der Waals surface area contributed by atoms with Crippen LogP contribution >= 0.6 is 11.8 Å². The van der Waals surface area contributed by atoms with Gasteiger partial charge < -0.3 is 15.7 Å². The summed E-state index contributed by atoms with van der Waals surface area (Å²) < 4.78 is 13.4. The lowest BCUT2D eigenvalue weighted by molar-refractivity contribution is 0.0692. The molecule has 1 aromatic carbocycles. The molecule has 0 spiro atoms. The van der Waals surface area contributed by atoms with Gasteiger partial charge in [0.15, 0.2) is 0 Å². The lowest BCUT2D eigenvalue weighted by Crippen LogP contribution is -2.29. The topological polar surface area (TPSA) is 78.4 Å². The summed E-state index contributed by atoms with van der Waals surface area (Å²) in [6, 6.07) is 3.03. The van der Waals surface area contributed by atoms with E-state index in [1.54, 1.807) is 11.8 Å². The maximum Gasteiger partial charge on any atom is 0.338 e. The minimum atomic E-state index is -1.34. The van der Waals surface area contributed by atoms with Gasteiger partial charge in [0.2, 0.25) is 0 Å². The number of carbonyl (C=O) groups excluding carboxylic acids is 1. The van der Waals surface area contributed by atoms with Crippen molar-refractivity contribution < 1.29 is 19.1 Å². The van der Waals surface area contributed by atoms with Crippen molar-refractivity contribution in [1.29, 1.82) is 0 Å². The third-order valence-corrected chi connectivity index (χ3v) is 3.47. The highest BCUT2D eigenvalue weighted by molar-refractivity contribution is 7.98. The molecule has 0 fully saturated rings. The summed E-state index contributed by atoms with van der Waals surface area (Å²) in [5.74, 6) is -1.10. The van der Waals surface area contributed by atoms with Gasteiger partial charge in [0.25, 0.3) is 0 Å². The number of aromatic carboxylic acids is 1. The SMILES string of the molecule is CSCCCCCNC(=O)Nc1ccc(C(=O)O)c(F)c1. The highest BCUT2D eigenvalue weighted by Gasteiger charge is 2.11. The Morgan fingerprint density at radius 2 is 2.05 bits per heavy atom. The molecule has 1 aromatic rings. The molecule has 0 bridgehead atoms. The lowest BCUT2D eigenvalue weighted by Gasteiger charge is -2.08. The van der Waals surface area contributed by atoms with Gasteiger partial charge in [0.05, 0.1) is 5.56 Å². The van der Waals surface area contributed by atoms with Gasteiger partial charge in [-0.05, 0) is 43.0 Å². The van der Waals surface area contributed by atoms with Crippen molar-refractivity contribution in [3.8, 4) is 0 Å². The van der Waals surface area contributed by atoms with Crippen LogP contribution < -0.4 is 10.6 Å². The summed E-state index contributed by atoms with van der Waals surface area (Å²) >= 11 is 1.80. The van der Waals surface area contributed by atoms with Gasteiger partial charge in [-0.25, -0.2) is 14.0 Å². The molecule has 0 aliphatic rings. The molecule has 5 nitrogen and oxygen atoms in total. The molecule has 116 valence electrons. The van der Waals surface area contributed by atoms with E-state index in [2.05, 4.69) is 16.9 Å². The quantitative estimate of drug-likeness (QED) is 0.644. The number of anilines is 1. The molecule has 0 saturated heterocycles. The van der Waals surface area contributed by atoms with Crippen LogP contribution in [0, 0.1) is 5.82 Å². The summed E-state index contributed by atoms with van der Waals surface area (Å²) in [5.41, 5.74) is -0.202. The van der Waals surface area contributed by atoms with Crippen LogP contribution in [0.4, 0.5) is 14.9 Å². The molecule has 3 N–H and O–H groups in total. The van der Waals surface area contributed by atoms with Crippen LogP contribution in [-0.2, 0) is 0 Å². The number of hydrogen-bond donors (Lipinski definition) is 3. The fourth-order valence-electron chi connectivity index (χ4n) is 1.69. The van der Waals surface area contributed by atoms with Crippen LogP contribution in [0.5, 0.6) is 0 Å². The van der Waals surface area contributed by atoms with Crippen LogP contribution in [-0.4, -0.2) is 35.7 Å². The number of carboxylic acid groups (broad SMARTS) is 1. The zero-order chi connectivity index (χ0) is 15.7. The van der Waals surface area contributed by atoms with Gasteiger partial charge in [0, 0.05) is 12.2 Å². The van der Waals surface area contributed by atoms with E-state index in [0.717, 1.165) is 37.1 Å². The van der Waals surface area contributed by atoms with Gasteiger partial charge in [0.1, 0.15) is 5.82 Å². The summed E-state index contributed by atoms with van der Waals surface area (Å²) in [6.07, 6.45) is 5.11. The van der Waals surface area contributed by atoms with Gasteiger partial charge in [-0.1, -0.05) is 6.42 Å². The molecule has 21 heavy (non-hydrogen) atoms. The molecule has 0 atom stereocenters. The molecular formula is C14H19FN2O3S. The Hall–Kier alpha value is -1.76. The zero-order valence-electron chi connectivity index (χ0n) is 11.8. The molecule has 0 unspecified atom stereocenters. The number of unbranched alkanes of at least 4 members (excludes halogenated alkanes) is 2. The minimum absolute atomic E-state index is 0.220. The number of hydrogen-bond acceptors (Lipinski definition) is 3. The number of carbonyl (C=O) groups is 2. The first-order valence-electron chi connectivity index (χ1n) is 6.61. The van der Waals surface area contributed by atoms with Crippen molar-refractivity contribution in [2.24, 2.45) is 0 Å². The molecule has 2 amide bonds. The average Bonchev–Trinajstić information content (AvgIpc) is 2.42. The van der Waals surface area contributed by atoms with E-state index in [4.69, 9.17) is 5.11 Å². The van der Waals surface area contributed by atoms with E-state index in [0.29, 0.717) is 6.54 Å². The van der Waals surface area contributed by atoms with E-state index >= 15 is 0 Å². The minimum Gasteiger partial charge on any atom is -0.478 e. The number of halogens is 1. The maximum absolute atomic E-state index is 13.4. The largest absolute Gasteiger partial charge is 0.478 e. The second kappa shape index (κ2) is 9.23. The van der Waals surface area contributed by atoms with Crippen LogP contribution in [0.1, 0.15) is 29.6 Å². The Balaban J connectivity index is 2.34. The number of nitrogens with one attached hydrogen (secondary N) is 2. The van der Waals surface area contributed by atoms with Crippen molar-refractivity contribution in [1.82, 2.24) is 5.32 Å². The first-order chi connectivity index (χ1) is 10.0. The summed E-state index contributed by atoms with van der Waals surface area (Å²) in [4.78, 5) is 22.2. The smallest absolute Gasteiger partial charge is 0.338 e. The number of carboxylic acids is 1. The first-order valence-corrected chi connectivity index (χ1v) is 8.00. The Labute approximate surface area is 127 Å². The third-order valence-electron chi connectivity index (χ3n) is 2.77. The Kier molecular flexibility index (Phi) is 7.60. The number of amides is 2. The molecule has 0 aromatic heterocycles. The summed E-state index contributed by atoms with van der Waals surface area (Å²) in [5, 5.41) is 13.8. The van der Waals surface area contributed by atoms with E-state index < -0.39 is 23.4 Å². The molecule has 1 rings (SSSR count). The second-order valence-corrected chi connectivity index (χ2v) is 5.42. The lowest BCUT2D eigenvalue weighted by atomic mass is 10.2. The fraction of sp³-hybridized carbons (Fsp3) is 0.429. The van der Waals surface area contributed by atoms with Crippen molar-refractivity contribution in [3.05, 3.63) is 29.6 Å². The Bertz CT molecular complexity index is 497. The molecule has 7 heteroatoms. The molecule has 0 heterocycles. The zero-order valence-corrected chi connectivity index (χ0v) is 12.6. The number of urea groups is 1. The molecule has 0 aliphatic heterocycles. The Morgan fingerprint density at radius 1 is 1.29 bits per heavy atom. The number of thioether (sulfide) groups is 1. The molecule has 0 radical (unpaired) electrons. The van der Waals surface area contributed by atoms with Gasteiger partial charge in [-0.2, -0.15) is 11.8 Å². The fourth-order valence-corrected chi connectivity index (χ4v) is 2.18. The van der Waals surface area contributed by atoms with E-state index in [-0.39, 0.29) is 5.69 Å². The summed E-state index contributed by atoms with van der Waals surface area (Å²) in [7, 11) is 0. The third kappa shape index (κ3) is 6.48. The number of benzene rings is 1. The van der Waals surface area contributed by atoms with Crippen molar-refractivity contribution in [2.75, 3.05) is 23.9 Å². The van der Waals surface area contributed by atoms with E-state index in [1.807, 2.05) is 0 Å². The monoisotopic (exact) mass is 314 g/mol. The summed E-state index contributed by atoms with van der Waals surface area (Å²) in [6.45, 7) is 0.551. The van der Waals surface area contributed by atoms with Crippen molar-refractivity contribution in [2.45, 2.75) is 19.3 Å². The normalized spacial score (nSPS) is 10.2. The predicted molar refractivity (Wildman–Crippen MR) is 82.6 cm³/mol. The number of rotatable bonds is 8. The van der Waals surface area contributed by atoms with Crippen molar-refractivity contribution >= 4 is 29.4 Å². The van der Waals surface area contributed by atoms with Gasteiger partial charge in [-0.15, -0.1) is 0 Å².